The van der Waals surface area contributed by atoms with Crippen molar-refractivity contribution in [1.82, 2.24) is 0 Å². The summed E-state index contributed by atoms with van der Waals surface area (Å²) < 4.78 is 16.9. The smallest absolute Gasteiger partial charge is 0.306 e. The zero-order valence-electron chi connectivity index (χ0n) is 54.2. The van der Waals surface area contributed by atoms with Crippen molar-refractivity contribution < 1.29 is 28.6 Å². The van der Waals surface area contributed by atoms with Crippen LogP contribution in [0.15, 0.2) is 134 Å². The number of hydrogen-bond donors (Lipinski definition) is 0. The lowest BCUT2D eigenvalue weighted by Gasteiger charge is -2.18. The first-order valence-electron chi connectivity index (χ1n) is 34.7. The van der Waals surface area contributed by atoms with Crippen molar-refractivity contribution in [3.8, 4) is 0 Å². The number of unbranched alkanes of at least 4 members (excludes halogenated alkanes) is 29. The Morgan fingerprint density at radius 2 is 0.494 bits per heavy atom. The van der Waals surface area contributed by atoms with Crippen LogP contribution in [0, 0.1) is 0 Å². The highest BCUT2D eigenvalue weighted by Crippen LogP contribution is 2.16. The summed E-state index contributed by atoms with van der Waals surface area (Å²) in [6, 6.07) is 0. The second-order valence-electron chi connectivity index (χ2n) is 22.7. The zero-order valence-corrected chi connectivity index (χ0v) is 54.2. The summed E-state index contributed by atoms with van der Waals surface area (Å²) in [5.74, 6) is -0.904. The molecule has 472 valence electrons. The average molecular weight is 1150 g/mol. The van der Waals surface area contributed by atoms with Gasteiger partial charge in [-0.1, -0.05) is 296 Å². The molecule has 83 heavy (non-hydrogen) atoms. The summed E-state index contributed by atoms with van der Waals surface area (Å²) in [6.45, 7) is 6.43. The third-order valence-electron chi connectivity index (χ3n) is 14.6. The van der Waals surface area contributed by atoms with Crippen molar-refractivity contribution in [2.75, 3.05) is 13.2 Å². The van der Waals surface area contributed by atoms with Crippen LogP contribution in [0.25, 0.3) is 0 Å². The third kappa shape index (κ3) is 68.2. The highest BCUT2D eigenvalue weighted by Gasteiger charge is 2.19. The quantitative estimate of drug-likeness (QED) is 0.0261. The number of esters is 3. The van der Waals surface area contributed by atoms with Crippen LogP contribution < -0.4 is 0 Å². The molecule has 0 fully saturated rings. The van der Waals surface area contributed by atoms with Crippen LogP contribution in [0.3, 0.4) is 0 Å². The lowest BCUT2D eigenvalue weighted by atomic mass is 10.0. The predicted octanol–water partition coefficient (Wildman–Crippen LogP) is 24.1. The summed E-state index contributed by atoms with van der Waals surface area (Å²) in [5, 5.41) is 0. The minimum Gasteiger partial charge on any atom is -0.462 e. The van der Waals surface area contributed by atoms with Crippen LogP contribution in [0.5, 0.6) is 0 Å². The van der Waals surface area contributed by atoms with Crippen molar-refractivity contribution in [3.63, 3.8) is 0 Å². The van der Waals surface area contributed by atoms with Gasteiger partial charge < -0.3 is 14.2 Å². The van der Waals surface area contributed by atoms with E-state index in [2.05, 4.69) is 154 Å². The van der Waals surface area contributed by atoms with Crippen molar-refractivity contribution in [2.24, 2.45) is 0 Å². The molecule has 6 heteroatoms. The Morgan fingerprint density at radius 1 is 0.253 bits per heavy atom. The normalized spacial score (nSPS) is 13.0. The Kier molecular flexibility index (Phi) is 66.3. The van der Waals surface area contributed by atoms with E-state index in [-0.39, 0.29) is 31.1 Å². The van der Waals surface area contributed by atoms with Gasteiger partial charge in [-0.05, 0) is 135 Å². The summed E-state index contributed by atoms with van der Waals surface area (Å²) in [6.07, 6.45) is 99.0. The van der Waals surface area contributed by atoms with Crippen LogP contribution in [0.2, 0.25) is 0 Å². The van der Waals surface area contributed by atoms with E-state index >= 15 is 0 Å². The molecule has 0 aliphatic carbocycles. The van der Waals surface area contributed by atoms with Crippen molar-refractivity contribution in [3.05, 3.63) is 134 Å². The van der Waals surface area contributed by atoms with Crippen LogP contribution >= 0.6 is 0 Å². The van der Waals surface area contributed by atoms with E-state index in [0.717, 1.165) is 148 Å². The van der Waals surface area contributed by atoms with E-state index in [0.29, 0.717) is 19.3 Å². The van der Waals surface area contributed by atoms with Gasteiger partial charge in [0.05, 0.1) is 0 Å². The molecule has 0 heterocycles. The second kappa shape index (κ2) is 70.0. The van der Waals surface area contributed by atoms with Gasteiger partial charge in [0.2, 0.25) is 0 Å². The number of carbonyl (C=O) groups excluding carboxylic acids is 3. The first-order valence-corrected chi connectivity index (χ1v) is 34.7. The van der Waals surface area contributed by atoms with E-state index in [1.807, 2.05) is 0 Å². The SMILES string of the molecule is CC/C=C\C/C=C\C/C=C\C/C=C\C/C=C\C/C=C\C/C=C\CCCCCCCCCCCCCCCC(=O)OCC(COC(=O)CCCCCCC/C=C\C/C=C\CCC)OC(=O)CCCCCCCCC/C=C\C/C=C\CCCCC. The number of carbonyl (C=O) groups is 3. The Labute approximate surface area is 513 Å². The molecule has 0 bridgehead atoms. The monoisotopic (exact) mass is 1150 g/mol. The van der Waals surface area contributed by atoms with E-state index < -0.39 is 6.10 Å². The maximum atomic E-state index is 12.9. The molecular formula is C77H128O6. The van der Waals surface area contributed by atoms with Crippen LogP contribution in [-0.2, 0) is 28.6 Å². The average Bonchev–Trinajstić information content (AvgIpc) is 3.49. The number of hydrogen-bond acceptors (Lipinski definition) is 6. The van der Waals surface area contributed by atoms with E-state index in [4.69, 9.17) is 14.2 Å². The van der Waals surface area contributed by atoms with Gasteiger partial charge in [0.25, 0.3) is 0 Å². The first kappa shape index (κ1) is 78.5. The Morgan fingerprint density at radius 3 is 0.783 bits per heavy atom. The zero-order chi connectivity index (χ0) is 59.9. The van der Waals surface area contributed by atoms with Gasteiger partial charge in [-0.25, -0.2) is 0 Å². The first-order chi connectivity index (χ1) is 41.0. The highest BCUT2D eigenvalue weighted by atomic mass is 16.6. The van der Waals surface area contributed by atoms with Gasteiger partial charge in [0.15, 0.2) is 6.10 Å². The molecule has 0 rings (SSSR count). The van der Waals surface area contributed by atoms with Gasteiger partial charge in [-0.15, -0.1) is 0 Å². The highest BCUT2D eigenvalue weighted by molar-refractivity contribution is 5.71. The molecule has 0 aliphatic rings. The summed E-state index contributed by atoms with van der Waals surface area (Å²) >= 11 is 0. The van der Waals surface area contributed by atoms with Crippen molar-refractivity contribution >= 4 is 17.9 Å². The third-order valence-corrected chi connectivity index (χ3v) is 14.6. The predicted molar refractivity (Wildman–Crippen MR) is 362 cm³/mol. The van der Waals surface area contributed by atoms with Gasteiger partial charge in [0, 0.05) is 19.3 Å². The molecule has 0 saturated heterocycles. The molecule has 0 aliphatic heterocycles. The number of ether oxygens (including phenoxy) is 3. The summed E-state index contributed by atoms with van der Waals surface area (Å²) in [5.41, 5.74) is 0. The van der Waals surface area contributed by atoms with Gasteiger partial charge in [-0.3, -0.25) is 14.4 Å². The van der Waals surface area contributed by atoms with Crippen molar-refractivity contribution in [2.45, 2.75) is 322 Å². The van der Waals surface area contributed by atoms with Crippen LogP contribution in [0.1, 0.15) is 316 Å². The Hall–Kier alpha value is -4.45. The van der Waals surface area contributed by atoms with Gasteiger partial charge in [0.1, 0.15) is 13.2 Å². The fourth-order valence-corrected chi connectivity index (χ4v) is 9.43. The lowest BCUT2D eigenvalue weighted by Crippen LogP contribution is -2.30. The number of allylic oxidation sites excluding steroid dienone is 22. The molecule has 0 N–H and O–H groups in total. The van der Waals surface area contributed by atoms with Crippen molar-refractivity contribution in [1.29, 1.82) is 0 Å². The lowest BCUT2D eigenvalue weighted by molar-refractivity contribution is -0.167. The molecule has 1 atom stereocenters. The molecule has 0 aromatic heterocycles. The molecule has 0 amide bonds. The molecule has 0 saturated carbocycles. The Balaban J connectivity index is 4.22. The fourth-order valence-electron chi connectivity index (χ4n) is 9.43. The maximum Gasteiger partial charge on any atom is 0.306 e. The summed E-state index contributed by atoms with van der Waals surface area (Å²) in [7, 11) is 0. The molecule has 6 nitrogen and oxygen atoms in total. The molecule has 0 aromatic carbocycles. The van der Waals surface area contributed by atoms with Gasteiger partial charge in [-0.2, -0.15) is 0 Å². The minimum atomic E-state index is -0.792. The van der Waals surface area contributed by atoms with E-state index in [1.165, 1.54) is 128 Å². The molecule has 0 aromatic rings. The fraction of sp³-hybridized carbons (Fsp3) is 0.675. The number of rotatable bonds is 62. The maximum absolute atomic E-state index is 12.9. The summed E-state index contributed by atoms with van der Waals surface area (Å²) in [4.78, 5) is 38.3. The standard InChI is InChI=1S/C77H128O6/c1-4-7-10-13-16-19-22-25-27-29-30-31-32-33-34-35-36-37-38-39-40-41-42-43-44-45-46-48-49-52-55-58-61-64-67-70-76(79)82-73-74(72-81-75(78)69-66-63-60-57-54-51-24-21-18-15-12-9-6-3)83-77(80)71-68-65-62-59-56-53-50-47-28-26-23-20-17-14-11-8-5-2/h7,10,12,15-17,19-21,24-28,30-31,33-34,36-37,39-40,74H,4-6,8-9,11,13-14,18,22-23,29,32,35,38,41-73H2,1-3H3/b10-7-,15-12-,19-16-,20-17-,24-21-,27-25-,28-26-,31-30-,34-33-,37-36-,40-39-. The Bertz CT molecular complexity index is 1750. The molecular weight excluding hydrogens is 1020 g/mol. The van der Waals surface area contributed by atoms with Crippen LogP contribution in [-0.4, -0.2) is 37.2 Å². The molecule has 0 radical (unpaired) electrons. The minimum absolute atomic E-state index is 0.0874. The van der Waals surface area contributed by atoms with E-state index in [9.17, 15) is 14.4 Å². The topological polar surface area (TPSA) is 78.9 Å². The second-order valence-corrected chi connectivity index (χ2v) is 22.7. The van der Waals surface area contributed by atoms with Crippen LogP contribution in [0.4, 0.5) is 0 Å². The molecule has 0 spiro atoms. The largest absolute Gasteiger partial charge is 0.462 e. The van der Waals surface area contributed by atoms with E-state index in [1.54, 1.807) is 0 Å². The molecule has 1 unspecified atom stereocenters. The van der Waals surface area contributed by atoms with Gasteiger partial charge >= 0.3 is 17.9 Å².